The Morgan fingerprint density at radius 3 is 2.11 bits per heavy atom. The molecule has 1 aromatic carbocycles. The van der Waals surface area contributed by atoms with Crippen molar-refractivity contribution in [1.82, 2.24) is 9.88 Å². The lowest BCUT2D eigenvalue weighted by Crippen LogP contribution is -2.23. The molecule has 0 amide bonds. The van der Waals surface area contributed by atoms with Gasteiger partial charge in [-0.25, -0.2) is 0 Å². The van der Waals surface area contributed by atoms with E-state index in [1.54, 1.807) is 0 Å². The number of rotatable bonds is 6. The van der Waals surface area contributed by atoms with Crippen molar-refractivity contribution in [2.45, 2.75) is 26.4 Å². The molecule has 0 unspecified atom stereocenters. The molecule has 1 aromatic heterocycles. The van der Waals surface area contributed by atoms with Crippen LogP contribution in [0.25, 0.3) is 0 Å². The van der Waals surface area contributed by atoms with Crippen LogP contribution in [0.1, 0.15) is 24.5 Å². The molecule has 0 bridgehead atoms. The van der Waals surface area contributed by atoms with Crippen LogP contribution < -0.4 is 5.73 Å². The molecule has 2 rings (SSSR count). The zero-order valence-corrected chi connectivity index (χ0v) is 11.4. The Balaban J connectivity index is 2.01. The van der Waals surface area contributed by atoms with E-state index in [2.05, 4.69) is 41.1 Å². The van der Waals surface area contributed by atoms with Gasteiger partial charge in [0.15, 0.2) is 0 Å². The van der Waals surface area contributed by atoms with Gasteiger partial charge in [-0.05, 0) is 48.4 Å². The first-order valence-electron chi connectivity index (χ1n) is 6.73. The Labute approximate surface area is 115 Å². The van der Waals surface area contributed by atoms with Crippen molar-refractivity contribution in [3.05, 3.63) is 59.9 Å². The van der Waals surface area contributed by atoms with Crippen molar-refractivity contribution in [1.29, 1.82) is 0 Å². The van der Waals surface area contributed by atoms with Gasteiger partial charge < -0.3 is 5.73 Å². The van der Waals surface area contributed by atoms with Gasteiger partial charge >= 0.3 is 0 Å². The van der Waals surface area contributed by atoms with Crippen molar-refractivity contribution < 1.29 is 0 Å². The van der Waals surface area contributed by atoms with Gasteiger partial charge in [0, 0.05) is 31.2 Å². The zero-order valence-electron chi connectivity index (χ0n) is 11.4. The Morgan fingerprint density at radius 2 is 1.53 bits per heavy atom. The second kappa shape index (κ2) is 6.90. The number of hydrogen-bond donors (Lipinski definition) is 1. The maximum atomic E-state index is 5.72. The summed E-state index contributed by atoms with van der Waals surface area (Å²) in [6.45, 7) is 5.21. The predicted molar refractivity (Wildman–Crippen MR) is 79.5 cm³/mol. The van der Waals surface area contributed by atoms with E-state index in [0.29, 0.717) is 0 Å². The number of aromatic nitrogens is 1. The second-order valence-corrected chi connectivity index (χ2v) is 4.81. The van der Waals surface area contributed by atoms with Crippen LogP contribution in [0.15, 0.2) is 48.8 Å². The third kappa shape index (κ3) is 4.38. The van der Waals surface area contributed by atoms with Crippen LogP contribution in [0.5, 0.6) is 0 Å². The quantitative estimate of drug-likeness (QED) is 0.807. The van der Waals surface area contributed by atoms with Crippen LogP contribution in [0.2, 0.25) is 0 Å². The molecule has 0 atom stereocenters. The lowest BCUT2D eigenvalue weighted by molar-refractivity contribution is 0.257. The molecule has 3 nitrogen and oxygen atoms in total. The normalized spacial score (nSPS) is 10.8. The van der Waals surface area contributed by atoms with Crippen molar-refractivity contribution in [2.75, 3.05) is 12.3 Å². The molecule has 0 saturated carbocycles. The molecule has 3 heteroatoms. The average Bonchev–Trinajstić information content (AvgIpc) is 2.43. The van der Waals surface area contributed by atoms with Crippen molar-refractivity contribution in [2.24, 2.45) is 0 Å². The number of benzene rings is 1. The third-order valence-corrected chi connectivity index (χ3v) is 3.08. The Bertz CT molecular complexity index is 479. The van der Waals surface area contributed by atoms with Crippen LogP contribution in [0.4, 0.5) is 5.69 Å². The summed E-state index contributed by atoms with van der Waals surface area (Å²) in [6, 6.07) is 12.3. The van der Waals surface area contributed by atoms with Crippen LogP contribution in [-0.2, 0) is 13.1 Å². The molecule has 0 saturated heterocycles. The van der Waals surface area contributed by atoms with E-state index < -0.39 is 0 Å². The van der Waals surface area contributed by atoms with Crippen LogP contribution in [0.3, 0.4) is 0 Å². The molecule has 0 aliphatic rings. The molecule has 0 spiro atoms. The van der Waals surface area contributed by atoms with Gasteiger partial charge in [-0.2, -0.15) is 0 Å². The minimum atomic E-state index is 0.819. The van der Waals surface area contributed by atoms with Gasteiger partial charge in [0.2, 0.25) is 0 Å². The molecular weight excluding hydrogens is 234 g/mol. The first-order chi connectivity index (χ1) is 9.28. The van der Waals surface area contributed by atoms with E-state index in [4.69, 9.17) is 5.73 Å². The van der Waals surface area contributed by atoms with Crippen LogP contribution in [0, 0.1) is 0 Å². The van der Waals surface area contributed by atoms with Crippen molar-refractivity contribution in [3.8, 4) is 0 Å². The summed E-state index contributed by atoms with van der Waals surface area (Å²) in [5.74, 6) is 0. The minimum absolute atomic E-state index is 0.819. The lowest BCUT2D eigenvalue weighted by atomic mass is 10.1. The molecule has 2 N–H and O–H groups in total. The highest BCUT2D eigenvalue weighted by atomic mass is 15.1. The first kappa shape index (κ1) is 13.6. The summed E-state index contributed by atoms with van der Waals surface area (Å²) in [7, 11) is 0. The fourth-order valence-electron chi connectivity index (χ4n) is 2.16. The van der Waals surface area contributed by atoms with Crippen LogP contribution >= 0.6 is 0 Å². The molecule has 100 valence electrons. The van der Waals surface area contributed by atoms with Gasteiger partial charge in [0.1, 0.15) is 0 Å². The fourth-order valence-corrected chi connectivity index (χ4v) is 2.16. The molecule has 2 aromatic rings. The topological polar surface area (TPSA) is 42.2 Å². The maximum absolute atomic E-state index is 5.72. The molecule has 0 fully saturated rings. The Hall–Kier alpha value is -1.87. The molecule has 1 heterocycles. The third-order valence-electron chi connectivity index (χ3n) is 3.08. The summed E-state index contributed by atoms with van der Waals surface area (Å²) in [5, 5.41) is 0. The molecule has 0 aliphatic heterocycles. The zero-order chi connectivity index (χ0) is 13.5. The van der Waals surface area contributed by atoms with Gasteiger partial charge in [0.05, 0.1) is 0 Å². The molecule has 0 aliphatic carbocycles. The monoisotopic (exact) mass is 255 g/mol. The van der Waals surface area contributed by atoms with E-state index in [0.717, 1.165) is 31.7 Å². The number of nitrogens with two attached hydrogens (primary N) is 1. The van der Waals surface area contributed by atoms with Gasteiger partial charge in [-0.1, -0.05) is 19.1 Å². The molecule has 0 radical (unpaired) electrons. The van der Waals surface area contributed by atoms with Gasteiger partial charge in [0.25, 0.3) is 0 Å². The highest BCUT2D eigenvalue weighted by Crippen LogP contribution is 2.12. The minimum Gasteiger partial charge on any atom is -0.399 e. The van der Waals surface area contributed by atoms with Gasteiger partial charge in [-0.15, -0.1) is 0 Å². The fraction of sp³-hybridized carbons (Fsp3) is 0.312. The number of pyridine rings is 1. The predicted octanol–water partition coefficient (Wildman–Crippen LogP) is 3.08. The summed E-state index contributed by atoms with van der Waals surface area (Å²) < 4.78 is 0. The van der Waals surface area contributed by atoms with E-state index in [1.807, 2.05) is 24.5 Å². The summed E-state index contributed by atoms with van der Waals surface area (Å²) >= 11 is 0. The SMILES string of the molecule is CCCN(Cc1ccncc1)Cc1ccc(N)cc1. The second-order valence-electron chi connectivity index (χ2n) is 4.81. The largest absolute Gasteiger partial charge is 0.399 e. The first-order valence-corrected chi connectivity index (χ1v) is 6.73. The summed E-state index contributed by atoms with van der Waals surface area (Å²) in [6.07, 6.45) is 4.85. The number of anilines is 1. The van der Waals surface area contributed by atoms with Crippen LogP contribution in [-0.4, -0.2) is 16.4 Å². The van der Waals surface area contributed by atoms with E-state index in [1.165, 1.54) is 11.1 Å². The highest BCUT2D eigenvalue weighted by Gasteiger charge is 2.06. The summed E-state index contributed by atoms with van der Waals surface area (Å²) in [5.41, 5.74) is 9.15. The van der Waals surface area contributed by atoms with E-state index in [-0.39, 0.29) is 0 Å². The number of nitrogen functional groups attached to an aromatic ring is 1. The average molecular weight is 255 g/mol. The Kier molecular flexibility index (Phi) is 4.93. The molecule has 19 heavy (non-hydrogen) atoms. The highest BCUT2D eigenvalue weighted by molar-refractivity contribution is 5.39. The summed E-state index contributed by atoms with van der Waals surface area (Å²) in [4.78, 5) is 6.51. The smallest absolute Gasteiger partial charge is 0.0314 e. The van der Waals surface area contributed by atoms with Gasteiger partial charge in [-0.3, -0.25) is 9.88 Å². The number of nitrogens with zero attached hydrogens (tertiary/aromatic N) is 2. The maximum Gasteiger partial charge on any atom is 0.0314 e. The van der Waals surface area contributed by atoms with E-state index in [9.17, 15) is 0 Å². The molecular formula is C16H21N3. The standard InChI is InChI=1S/C16H21N3/c1-2-11-19(13-15-7-9-18-10-8-15)12-14-3-5-16(17)6-4-14/h3-10H,2,11-13,17H2,1H3. The lowest BCUT2D eigenvalue weighted by Gasteiger charge is -2.22. The Morgan fingerprint density at radius 1 is 0.947 bits per heavy atom. The van der Waals surface area contributed by atoms with Crippen molar-refractivity contribution in [3.63, 3.8) is 0 Å². The van der Waals surface area contributed by atoms with E-state index >= 15 is 0 Å². The number of hydrogen-bond acceptors (Lipinski definition) is 3. The van der Waals surface area contributed by atoms with Crippen molar-refractivity contribution >= 4 is 5.69 Å².